The maximum Gasteiger partial charge on any atom is 0.224 e. The number of piperidine rings is 1. The van der Waals surface area contributed by atoms with Gasteiger partial charge in [0, 0.05) is 12.3 Å². The number of hydrogen-bond donors (Lipinski definition) is 3. The summed E-state index contributed by atoms with van der Waals surface area (Å²) >= 11 is 1.38. The molecule has 3 N–H and O–H groups in total. The summed E-state index contributed by atoms with van der Waals surface area (Å²) < 4.78 is 0.979. The molecule has 1 aromatic carbocycles. The number of nitrogens with one attached hydrogen (secondary N) is 3. The first-order chi connectivity index (χ1) is 13.5. The number of rotatable bonds is 9. The minimum absolute atomic E-state index is 0.0464. The maximum absolute atomic E-state index is 13.1. The number of Topliss-reactive ketones (excluding diaryl/α,β-unsaturated/α-hetero) is 1. The lowest BCUT2D eigenvalue weighted by Gasteiger charge is -2.24. The molecule has 1 aliphatic rings. The van der Waals surface area contributed by atoms with E-state index in [9.17, 15) is 9.59 Å². The predicted octanol–water partition coefficient (Wildman–Crippen LogP) is 3.56. The van der Waals surface area contributed by atoms with Gasteiger partial charge in [-0.3, -0.25) is 9.59 Å². The molecule has 1 aliphatic heterocycles. The van der Waals surface area contributed by atoms with E-state index in [1.54, 1.807) is 6.92 Å². The Kier molecular flexibility index (Phi) is 7.28. The topological polar surface area (TPSA) is 94.9 Å². The molecule has 1 amide bonds. The van der Waals surface area contributed by atoms with Gasteiger partial charge in [0.2, 0.25) is 11.7 Å². The van der Waals surface area contributed by atoms with Gasteiger partial charge in [-0.25, -0.2) is 4.98 Å². The van der Waals surface area contributed by atoms with Gasteiger partial charge in [0.25, 0.3) is 0 Å². The van der Waals surface area contributed by atoms with Gasteiger partial charge in [0.1, 0.15) is 0 Å². The molecular weight excluding hydrogens is 372 g/mol. The Morgan fingerprint density at radius 1 is 1.36 bits per heavy atom. The number of benzene rings is 1. The molecule has 0 aliphatic carbocycles. The smallest absolute Gasteiger partial charge is 0.224 e. The summed E-state index contributed by atoms with van der Waals surface area (Å²) in [5, 5.41) is 14.3. The Balaban J connectivity index is 1.70. The second kappa shape index (κ2) is 9.89. The molecule has 2 unspecified atom stereocenters. The molecule has 0 bridgehead atoms. The van der Waals surface area contributed by atoms with Gasteiger partial charge in [-0.2, -0.15) is 0 Å². The summed E-state index contributed by atoms with van der Waals surface area (Å²) in [5.74, 6) is -0.233. The number of thiazole rings is 1. The number of fused-ring (bicyclic) bond motifs is 1. The van der Waals surface area contributed by atoms with Crippen molar-refractivity contribution in [3.05, 3.63) is 29.3 Å². The first-order valence-corrected chi connectivity index (χ1v) is 10.8. The number of amides is 1. The van der Waals surface area contributed by atoms with Gasteiger partial charge in [-0.15, -0.1) is 11.3 Å². The third-order valence-corrected chi connectivity index (χ3v) is 6.15. The molecule has 2 atom stereocenters. The maximum atomic E-state index is 13.1. The van der Waals surface area contributed by atoms with E-state index < -0.39 is 6.04 Å². The van der Waals surface area contributed by atoms with Gasteiger partial charge in [-0.05, 0) is 57.7 Å². The first-order valence-electron chi connectivity index (χ1n) is 9.99. The molecule has 2 heterocycles. The van der Waals surface area contributed by atoms with Crippen LogP contribution in [0.15, 0.2) is 24.3 Å². The van der Waals surface area contributed by atoms with E-state index >= 15 is 0 Å². The lowest BCUT2D eigenvalue weighted by molar-refractivity contribution is -0.126. The van der Waals surface area contributed by atoms with Crippen molar-refractivity contribution in [1.82, 2.24) is 15.6 Å². The van der Waals surface area contributed by atoms with Crippen molar-refractivity contribution in [1.29, 1.82) is 5.41 Å². The second-order valence-corrected chi connectivity index (χ2v) is 8.51. The van der Waals surface area contributed by atoms with Gasteiger partial charge < -0.3 is 16.0 Å². The zero-order chi connectivity index (χ0) is 19.9. The summed E-state index contributed by atoms with van der Waals surface area (Å²) in [6, 6.07) is 7.14. The fraction of sp³-hybridized carbons (Fsp3) is 0.524. The number of ketones is 1. The molecule has 1 aromatic heterocycles. The Hall–Kier alpha value is -2.12. The molecule has 2 aromatic rings. The van der Waals surface area contributed by atoms with Crippen molar-refractivity contribution < 1.29 is 9.59 Å². The third-order valence-electron chi connectivity index (χ3n) is 5.10. The minimum Gasteiger partial charge on any atom is -0.346 e. The molecule has 7 heteroatoms. The number of aromatic nitrogens is 1. The van der Waals surface area contributed by atoms with Crippen LogP contribution >= 0.6 is 11.3 Å². The van der Waals surface area contributed by atoms with Gasteiger partial charge in [0.15, 0.2) is 5.01 Å². The summed E-state index contributed by atoms with van der Waals surface area (Å²) in [6.07, 6.45) is 4.78. The highest BCUT2D eigenvalue weighted by Crippen LogP contribution is 2.24. The van der Waals surface area contributed by atoms with E-state index in [4.69, 9.17) is 5.41 Å². The SMILES string of the molecule is CC(=N)CCCCC(NC(=O)C1CCCNC1)C(=O)c1nc2ccccc2s1. The largest absolute Gasteiger partial charge is 0.346 e. The zero-order valence-electron chi connectivity index (χ0n) is 16.3. The molecule has 0 spiro atoms. The first kappa shape index (κ1) is 20.6. The molecule has 28 heavy (non-hydrogen) atoms. The van der Waals surface area contributed by atoms with E-state index in [0.717, 1.165) is 48.9 Å². The van der Waals surface area contributed by atoms with Crippen molar-refractivity contribution in [2.24, 2.45) is 5.92 Å². The van der Waals surface area contributed by atoms with Crippen LogP contribution in [0.5, 0.6) is 0 Å². The molecule has 150 valence electrons. The minimum atomic E-state index is -0.555. The molecule has 6 nitrogen and oxygen atoms in total. The number of nitrogens with zero attached hydrogens (tertiary/aromatic N) is 1. The normalized spacial score (nSPS) is 18.0. The van der Waals surface area contributed by atoms with Crippen molar-refractivity contribution >= 4 is 39.0 Å². The molecule has 1 saturated heterocycles. The van der Waals surface area contributed by atoms with E-state index in [2.05, 4.69) is 15.6 Å². The summed E-state index contributed by atoms with van der Waals surface area (Å²) in [5.41, 5.74) is 1.46. The highest BCUT2D eigenvalue weighted by Gasteiger charge is 2.28. The van der Waals surface area contributed by atoms with Crippen LogP contribution in [0.3, 0.4) is 0 Å². The highest BCUT2D eigenvalue weighted by molar-refractivity contribution is 7.20. The summed E-state index contributed by atoms with van der Waals surface area (Å²) in [4.78, 5) is 30.3. The van der Waals surface area contributed by atoms with Crippen LogP contribution in [0, 0.1) is 11.3 Å². The standard InChI is InChI=1S/C21H28N4O2S/c1-14(22)7-2-3-10-17(24-20(27)15-8-6-12-23-13-15)19(26)21-25-16-9-4-5-11-18(16)28-21/h4-5,9,11,15,17,22-23H,2-3,6-8,10,12-13H2,1H3,(H,24,27). The fourth-order valence-corrected chi connectivity index (χ4v) is 4.46. The van der Waals surface area contributed by atoms with Crippen LogP contribution in [-0.4, -0.2) is 41.5 Å². The Morgan fingerprint density at radius 3 is 2.89 bits per heavy atom. The fourth-order valence-electron chi connectivity index (χ4n) is 3.50. The predicted molar refractivity (Wildman–Crippen MR) is 113 cm³/mol. The third kappa shape index (κ3) is 5.45. The molecule has 1 fully saturated rings. The van der Waals surface area contributed by atoms with Crippen molar-refractivity contribution in [2.45, 2.75) is 51.5 Å². The molecule has 0 radical (unpaired) electrons. The van der Waals surface area contributed by atoms with Gasteiger partial charge >= 0.3 is 0 Å². The number of para-hydroxylation sites is 1. The van der Waals surface area contributed by atoms with Crippen LogP contribution in [0.1, 0.15) is 55.3 Å². The molecule has 3 rings (SSSR count). The second-order valence-electron chi connectivity index (χ2n) is 7.48. The van der Waals surface area contributed by atoms with E-state index in [0.29, 0.717) is 23.7 Å². The van der Waals surface area contributed by atoms with E-state index in [-0.39, 0.29) is 17.6 Å². The summed E-state index contributed by atoms with van der Waals surface area (Å²) in [7, 11) is 0. The van der Waals surface area contributed by atoms with Crippen LogP contribution in [0.25, 0.3) is 10.2 Å². The van der Waals surface area contributed by atoms with Crippen molar-refractivity contribution in [2.75, 3.05) is 13.1 Å². The Labute approximate surface area is 169 Å². The lowest BCUT2D eigenvalue weighted by atomic mass is 9.97. The van der Waals surface area contributed by atoms with Gasteiger partial charge in [-0.1, -0.05) is 18.6 Å². The summed E-state index contributed by atoms with van der Waals surface area (Å²) in [6.45, 7) is 3.41. The van der Waals surface area contributed by atoms with Crippen LogP contribution in [0.4, 0.5) is 0 Å². The van der Waals surface area contributed by atoms with Crippen LogP contribution in [-0.2, 0) is 4.79 Å². The average molecular weight is 401 g/mol. The number of unbranched alkanes of at least 4 members (excludes halogenated alkanes) is 1. The number of carbonyl (C=O) groups is 2. The monoisotopic (exact) mass is 400 g/mol. The Bertz CT molecular complexity index is 809. The Morgan fingerprint density at radius 2 is 2.18 bits per heavy atom. The molecule has 0 saturated carbocycles. The van der Waals surface area contributed by atoms with Crippen LogP contribution in [0.2, 0.25) is 0 Å². The quantitative estimate of drug-likeness (QED) is 0.341. The van der Waals surface area contributed by atoms with E-state index in [1.807, 2.05) is 24.3 Å². The van der Waals surface area contributed by atoms with Gasteiger partial charge in [0.05, 0.1) is 22.2 Å². The lowest BCUT2D eigenvalue weighted by Crippen LogP contribution is -2.47. The van der Waals surface area contributed by atoms with Crippen molar-refractivity contribution in [3.8, 4) is 0 Å². The van der Waals surface area contributed by atoms with Crippen molar-refractivity contribution in [3.63, 3.8) is 0 Å². The molecular formula is C21H28N4O2S. The van der Waals surface area contributed by atoms with Crippen LogP contribution < -0.4 is 10.6 Å². The van der Waals surface area contributed by atoms with E-state index in [1.165, 1.54) is 11.3 Å². The number of hydrogen-bond acceptors (Lipinski definition) is 6. The average Bonchev–Trinajstić information content (AvgIpc) is 3.14. The highest BCUT2D eigenvalue weighted by atomic mass is 32.1. The number of carbonyl (C=O) groups excluding carboxylic acids is 2. The zero-order valence-corrected chi connectivity index (χ0v) is 17.1.